The van der Waals surface area contributed by atoms with Crippen LogP contribution >= 0.6 is 11.8 Å². The summed E-state index contributed by atoms with van der Waals surface area (Å²) >= 11 is 1.96. The number of unbranched alkanes of at least 4 members (excludes halogenated alkanes) is 14. The number of thioether (sulfide) groups is 1. The van der Waals surface area contributed by atoms with Gasteiger partial charge in [-0.05, 0) is 18.6 Å². The number of carbonyl (C=O) groups excluding carboxylic acids is 1. The minimum atomic E-state index is -0.507. The summed E-state index contributed by atoms with van der Waals surface area (Å²) in [6.07, 6.45) is 22.6. The molecule has 0 bridgehead atoms. The molecular formula is C24H48O3S. The average Bonchev–Trinajstić information content (AvgIpc) is 2.71. The third kappa shape index (κ3) is 20.5. The molecule has 168 valence electrons. The summed E-state index contributed by atoms with van der Waals surface area (Å²) in [6.45, 7) is 4.46. The summed E-state index contributed by atoms with van der Waals surface area (Å²) in [5, 5.41) is 9.23. The van der Waals surface area contributed by atoms with Gasteiger partial charge in [0.15, 0.2) is 0 Å². The second kappa shape index (κ2) is 23.1. The zero-order chi connectivity index (χ0) is 20.7. The third-order valence-electron chi connectivity index (χ3n) is 5.29. The van der Waals surface area contributed by atoms with Crippen molar-refractivity contribution in [1.82, 2.24) is 0 Å². The normalized spacial score (nSPS) is 12.2. The Morgan fingerprint density at radius 2 is 1.21 bits per heavy atom. The van der Waals surface area contributed by atoms with E-state index in [1.165, 1.54) is 103 Å². The number of rotatable bonds is 22. The molecule has 28 heavy (non-hydrogen) atoms. The second-order valence-electron chi connectivity index (χ2n) is 8.07. The highest BCUT2D eigenvalue weighted by Gasteiger charge is 2.12. The average molecular weight is 417 g/mol. The first-order valence-electron chi connectivity index (χ1n) is 12.1. The Morgan fingerprint density at radius 1 is 0.750 bits per heavy atom. The van der Waals surface area contributed by atoms with E-state index < -0.39 is 12.6 Å². The summed E-state index contributed by atoms with van der Waals surface area (Å²) in [5.74, 6) is 0.667. The van der Waals surface area contributed by atoms with Gasteiger partial charge in [0, 0.05) is 5.25 Å². The standard InChI is InChI=1S/C24H48O3S/c1-3-5-7-9-11-12-13-14-16-18-20-28-23(22-27-24(26)21-25)19-17-15-10-8-6-4-2/h23,25H,3-22H2,1-2H3. The predicted molar refractivity (Wildman–Crippen MR) is 124 cm³/mol. The molecule has 1 atom stereocenters. The van der Waals surface area contributed by atoms with Gasteiger partial charge in [-0.25, -0.2) is 4.79 Å². The molecule has 3 nitrogen and oxygen atoms in total. The van der Waals surface area contributed by atoms with E-state index in [2.05, 4.69) is 13.8 Å². The van der Waals surface area contributed by atoms with Gasteiger partial charge in [-0.15, -0.1) is 0 Å². The fourth-order valence-electron chi connectivity index (χ4n) is 3.44. The zero-order valence-electron chi connectivity index (χ0n) is 18.9. The molecule has 0 heterocycles. The fraction of sp³-hybridized carbons (Fsp3) is 0.958. The molecule has 0 aliphatic carbocycles. The molecule has 0 aliphatic rings. The van der Waals surface area contributed by atoms with Gasteiger partial charge in [-0.3, -0.25) is 0 Å². The lowest BCUT2D eigenvalue weighted by Gasteiger charge is -2.16. The number of aliphatic hydroxyl groups excluding tert-OH is 1. The highest BCUT2D eigenvalue weighted by molar-refractivity contribution is 7.99. The Kier molecular flexibility index (Phi) is 22.9. The first-order chi connectivity index (χ1) is 13.7. The Hall–Kier alpha value is -0.220. The van der Waals surface area contributed by atoms with Crippen molar-refractivity contribution in [2.24, 2.45) is 0 Å². The van der Waals surface area contributed by atoms with Gasteiger partial charge in [0.05, 0.1) is 0 Å². The monoisotopic (exact) mass is 416 g/mol. The molecule has 1 unspecified atom stereocenters. The molecule has 0 saturated heterocycles. The van der Waals surface area contributed by atoms with Crippen LogP contribution in [0.3, 0.4) is 0 Å². The summed E-state index contributed by atoms with van der Waals surface area (Å²) < 4.78 is 5.19. The molecular weight excluding hydrogens is 368 g/mol. The Labute approximate surface area is 179 Å². The van der Waals surface area contributed by atoms with Crippen LogP contribution < -0.4 is 0 Å². The number of esters is 1. The lowest BCUT2D eigenvalue weighted by atomic mass is 10.1. The van der Waals surface area contributed by atoms with Crippen molar-refractivity contribution in [3.8, 4) is 0 Å². The molecule has 0 amide bonds. The van der Waals surface area contributed by atoms with Gasteiger partial charge >= 0.3 is 5.97 Å². The van der Waals surface area contributed by atoms with Crippen molar-refractivity contribution in [3.05, 3.63) is 0 Å². The molecule has 0 fully saturated rings. The van der Waals surface area contributed by atoms with E-state index in [9.17, 15) is 4.79 Å². The number of hydrogen-bond donors (Lipinski definition) is 1. The Balaban J connectivity index is 3.71. The lowest BCUT2D eigenvalue weighted by molar-refractivity contribution is -0.146. The van der Waals surface area contributed by atoms with Crippen molar-refractivity contribution >= 4 is 17.7 Å². The van der Waals surface area contributed by atoms with Gasteiger partial charge in [0.25, 0.3) is 0 Å². The van der Waals surface area contributed by atoms with Crippen LogP contribution in [0.15, 0.2) is 0 Å². The van der Waals surface area contributed by atoms with Crippen molar-refractivity contribution in [1.29, 1.82) is 0 Å². The maximum Gasteiger partial charge on any atom is 0.331 e. The minimum Gasteiger partial charge on any atom is -0.463 e. The van der Waals surface area contributed by atoms with E-state index >= 15 is 0 Å². The quantitative estimate of drug-likeness (QED) is 0.149. The van der Waals surface area contributed by atoms with Gasteiger partial charge in [0.2, 0.25) is 0 Å². The minimum absolute atomic E-state index is 0.389. The number of hydrogen-bond acceptors (Lipinski definition) is 4. The van der Waals surface area contributed by atoms with E-state index in [1.807, 2.05) is 11.8 Å². The van der Waals surface area contributed by atoms with Gasteiger partial charge < -0.3 is 9.84 Å². The topological polar surface area (TPSA) is 46.5 Å². The number of carbonyl (C=O) groups is 1. The third-order valence-corrected chi connectivity index (χ3v) is 6.66. The first kappa shape index (κ1) is 27.8. The molecule has 0 aromatic heterocycles. The highest BCUT2D eigenvalue weighted by atomic mass is 32.2. The Bertz CT molecular complexity index is 323. The van der Waals surface area contributed by atoms with Crippen molar-refractivity contribution in [2.75, 3.05) is 19.0 Å². The molecule has 0 spiro atoms. The zero-order valence-corrected chi connectivity index (χ0v) is 19.7. The molecule has 0 aliphatic heterocycles. The Morgan fingerprint density at radius 3 is 1.71 bits per heavy atom. The van der Waals surface area contributed by atoms with Crippen LogP contribution in [0.25, 0.3) is 0 Å². The van der Waals surface area contributed by atoms with E-state index in [1.54, 1.807) is 0 Å². The molecule has 4 heteroatoms. The van der Waals surface area contributed by atoms with Crippen LogP contribution in [0.2, 0.25) is 0 Å². The molecule has 1 N–H and O–H groups in total. The number of aliphatic hydroxyl groups is 1. The van der Waals surface area contributed by atoms with E-state index in [0.717, 1.165) is 12.2 Å². The van der Waals surface area contributed by atoms with Crippen molar-refractivity contribution in [2.45, 2.75) is 128 Å². The van der Waals surface area contributed by atoms with E-state index in [0.29, 0.717) is 11.9 Å². The molecule has 0 saturated carbocycles. The number of ether oxygens (including phenoxy) is 1. The summed E-state index contributed by atoms with van der Waals surface area (Å²) in [4.78, 5) is 11.2. The molecule has 0 radical (unpaired) electrons. The van der Waals surface area contributed by atoms with Gasteiger partial charge in [0.1, 0.15) is 13.2 Å². The second-order valence-corrected chi connectivity index (χ2v) is 9.48. The van der Waals surface area contributed by atoms with Crippen molar-refractivity contribution < 1.29 is 14.6 Å². The lowest BCUT2D eigenvalue weighted by Crippen LogP contribution is -2.18. The SMILES string of the molecule is CCCCCCCCCCCCSC(CCCCCCCC)COC(=O)CO. The maximum atomic E-state index is 11.2. The fourth-order valence-corrected chi connectivity index (χ4v) is 4.64. The van der Waals surface area contributed by atoms with Crippen LogP contribution in [0.5, 0.6) is 0 Å². The molecule has 0 aromatic carbocycles. The largest absolute Gasteiger partial charge is 0.463 e. The molecule has 0 rings (SSSR count). The smallest absolute Gasteiger partial charge is 0.331 e. The maximum absolute atomic E-state index is 11.2. The molecule has 0 aromatic rings. The predicted octanol–water partition coefficient (Wildman–Crippen LogP) is 7.30. The summed E-state index contributed by atoms with van der Waals surface area (Å²) in [7, 11) is 0. The summed E-state index contributed by atoms with van der Waals surface area (Å²) in [5.41, 5.74) is 0. The van der Waals surface area contributed by atoms with E-state index in [-0.39, 0.29) is 0 Å². The van der Waals surface area contributed by atoms with Gasteiger partial charge in [-0.1, -0.05) is 110 Å². The van der Waals surface area contributed by atoms with Crippen LogP contribution in [0.4, 0.5) is 0 Å². The van der Waals surface area contributed by atoms with Crippen LogP contribution in [-0.2, 0) is 9.53 Å². The van der Waals surface area contributed by atoms with Gasteiger partial charge in [-0.2, -0.15) is 11.8 Å². The van der Waals surface area contributed by atoms with Crippen molar-refractivity contribution in [3.63, 3.8) is 0 Å². The van der Waals surface area contributed by atoms with Crippen LogP contribution in [-0.4, -0.2) is 35.3 Å². The highest BCUT2D eigenvalue weighted by Crippen LogP contribution is 2.21. The van der Waals surface area contributed by atoms with Crippen LogP contribution in [0, 0.1) is 0 Å². The first-order valence-corrected chi connectivity index (χ1v) is 13.2. The summed E-state index contributed by atoms with van der Waals surface area (Å²) in [6, 6.07) is 0. The van der Waals surface area contributed by atoms with Crippen LogP contribution in [0.1, 0.15) is 123 Å². The van der Waals surface area contributed by atoms with E-state index in [4.69, 9.17) is 9.84 Å².